The molecule has 5 heteroatoms. The average molecular weight is 316 g/mol. The number of hydrogen-bond acceptors (Lipinski definition) is 3. The van der Waals surface area contributed by atoms with Gasteiger partial charge in [-0.25, -0.2) is 0 Å². The second-order valence-electron chi connectivity index (χ2n) is 5.64. The molecule has 2 rings (SSSR count). The highest BCUT2D eigenvalue weighted by Gasteiger charge is 2.27. The Morgan fingerprint density at radius 2 is 2.20 bits per heavy atom. The smallest absolute Gasteiger partial charge is 0.0486 e. The maximum absolute atomic E-state index is 6.33. The van der Waals surface area contributed by atoms with Gasteiger partial charge < -0.3 is 10.6 Å². The molecule has 1 heterocycles. The first-order chi connectivity index (χ1) is 9.52. The highest BCUT2D eigenvalue weighted by atomic mass is 35.5. The Kier molecular flexibility index (Phi) is 5.70. The van der Waals surface area contributed by atoms with Crippen LogP contribution in [0.1, 0.15) is 24.4 Å². The Balaban J connectivity index is 2.20. The molecule has 0 radical (unpaired) electrons. The van der Waals surface area contributed by atoms with Crippen LogP contribution in [0.3, 0.4) is 0 Å². The Bertz CT molecular complexity index is 453. The zero-order valence-electron chi connectivity index (χ0n) is 12.1. The van der Waals surface area contributed by atoms with Gasteiger partial charge in [0.15, 0.2) is 0 Å². The number of halogens is 2. The fraction of sp³-hybridized carbons (Fsp3) is 0.600. The molecule has 2 N–H and O–H groups in total. The molecule has 0 saturated carbocycles. The van der Waals surface area contributed by atoms with Crippen molar-refractivity contribution in [1.29, 1.82) is 0 Å². The normalized spacial score (nSPS) is 22.2. The average Bonchev–Trinajstić information content (AvgIpc) is 2.43. The van der Waals surface area contributed by atoms with Gasteiger partial charge in [-0.1, -0.05) is 23.2 Å². The van der Waals surface area contributed by atoms with Crippen LogP contribution in [0, 0.1) is 0 Å². The fourth-order valence-corrected chi connectivity index (χ4v) is 3.43. The number of rotatable bonds is 4. The SMILES string of the molecule is CN1CCCC(N(C)C(CN)c2cc(Cl)ccc2Cl)C1. The molecule has 1 aliphatic heterocycles. The first-order valence-electron chi connectivity index (χ1n) is 7.08. The van der Waals surface area contributed by atoms with Gasteiger partial charge >= 0.3 is 0 Å². The summed E-state index contributed by atoms with van der Waals surface area (Å²) in [7, 11) is 4.31. The number of hydrogen-bond donors (Lipinski definition) is 1. The van der Waals surface area contributed by atoms with Crippen molar-refractivity contribution >= 4 is 23.2 Å². The molecular weight excluding hydrogens is 293 g/mol. The quantitative estimate of drug-likeness (QED) is 0.927. The molecule has 0 spiro atoms. The zero-order chi connectivity index (χ0) is 14.7. The van der Waals surface area contributed by atoms with Gasteiger partial charge in [-0.3, -0.25) is 4.90 Å². The van der Waals surface area contributed by atoms with Crippen molar-refractivity contribution in [2.45, 2.75) is 24.9 Å². The van der Waals surface area contributed by atoms with Gasteiger partial charge in [0.05, 0.1) is 0 Å². The van der Waals surface area contributed by atoms with Crippen LogP contribution in [0.2, 0.25) is 10.0 Å². The van der Waals surface area contributed by atoms with Crippen LogP contribution in [0.5, 0.6) is 0 Å². The third kappa shape index (κ3) is 3.66. The first-order valence-corrected chi connectivity index (χ1v) is 7.84. The van der Waals surface area contributed by atoms with E-state index in [1.54, 1.807) is 0 Å². The zero-order valence-corrected chi connectivity index (χ0v) is 13.7. The number of nitrogens with zero attached hydrogens (tertiary/aromatic N) is 2. The van der Waals surface area contributed by atoms with E-state index < -0.39 is 0 Å². The summed E-state index contributed by atoms with van der Waals surface area (Å²) in [6, 6.07) is 6.22. The van der Waals surface area contributed by atoms with E-state index in [1.165, 1.54) is 19.4 Å². The summed E-state index contributed by atoms with van der Waals surface area (Å²) in [4.78, 5) is 4.73. The van der Waals surface area contributed by atoms with Crippen LogP contribution in [-0.2, 0) is 0 Å². The molecule has 20 heavy (non-hydrogen) atoms. The standard InChI is InChI=1S/C15H23Cl2N3/c1-19-7-3-4-12(10-19)20(2)15(9-18)13-8-11(16)5-6-14(13)17/h5-6,8,12,15H,3-4,7,9-10,18H2,1-2H3. The van der Waals surface area contributed by atoms with Crippen molar-refractivity contribution in [3.63, 3.8) is 0 Å². The van der Waals surface area contributed by atoms with Gasteiger partial charge in [0.25, 0.3) is 0 Å². The number of likely N-dealkylation sites (N-methyl/N-ethyl adjacent to an activating group) is 2. The molecule has 1 aliphatic rings. The third-order valence-corrected chi connectivity index (χ3v) is 4.79. The maximum Gasteiger partial charge on any atom is 0.0486 e. The lowest BCUT2D eigenvalue weighted by atomic mass is 9.99. The largest absolute Gasteiger partial charge is 0.329 e. The predicted octanol–water partition coefficient (Wildman–Crippen LogP) is 3.02. The summed E-state index contributed by atoms with van der Waals surface area (Å²) < 4.78 is 0. The summed E-state index contributed by atoms with van der Waals surface area (Å²) in [5, 5.41) is 1.44. The highest BCUT2D eigenvalue weighted by Crippen LogP contribution is 2.31. The van der Waals surface area contributed by atoms with Crippen LogP contribution in [0.25, 0.3) is 0 Å². The Hall–Kier alpha value is -0.320. The minimum absolute atomic E-state index is 0.109. The summed E-state index contributed by atoms with van der Waals surface area (Å²) >= 11 is 12.4. The number of nitrogens with two attached hydrogens (primary N) is 1. The van der Waals surface area contributed by atoms with E-state index in [-0.39, 0.29) is 6.04 Å². The molecular formula is C15H23Cl2N3. The van der Waals surface area contributed by atoms with Gasteiger partial charge in [0.1, 0.15) is 0 Å². The van der Waals surface area contributed by atoms with Crippen LogP contribution in [0.15, 0.2) is 18.2 Å². The number of piperidine rings is 1. The maximum atomic E-state index is 6.33. The Labute approximate surface area is 131 Å². The van der Waals surface area contributed by atoms with Gasteiger partial charge in [0.2, 0.25) is 0 Å². The van der Waals surface area contributed by atoms with Gasteiger partial charge in [0, 0.05) is 35.2 Å². The third-order valence-electron chi connectivity index (χ3n) is 4.21. The lowest BCUT2D eigenvalue weighted by Crippen LogP contribution is -2.47. The molecule has 1 saturated heterocycles. The van der Waals surface area contributed by atoms with Crippen molar-refractivity contribution in [1.82, 2.24) is 9.80 Å². The summed E-state index contributed by atoms with van der Waals surface area (Å²) in [5.74, 6) is 0. The Morgan fingerprint density at radius 3 is 2.85 bits per heavy atom. The molecule has 1 aromatic carbocycles. The van der Waals surface area contributed by atoms with Crippen LogP contribution in [-0.4, -0.2) is 49.6 Å². The van der Waals surface area contributed by atoms with Crippen molar-refractivity contribution in [2.24, 2.45) is 5.73 Å². The van der Waals surface area contributed by atoms with Gasteiger partial charge in [-0.05, 0) is 57.2 Å². The van der Waals surface area contributed by atoms with E-state index >= 15 is 0 Å². The summed E-state index contributed by atoms with van der Waals surface area (Å²) in [6.07, 6.45) is 2.43. The molecule has 0 aliphatic carbocycles. The molecule has 1 aromatic rings. The molecule has 0 aromatic heterocycles. The van der Waals surface area contributed by atoms with E-state index in [1.807, 2.05) is 18.2 Å². The van der Waals surface area contributed by atoms with E-state index in [0.717, 1.165) is 17.1 Å². The van der Waals surface area contributed by atoms with Gasteiger partial charge in [-0.2, -0.15) is 0 Å². The lowest BCUT2D eigenvalue weighted by Gasteiger charge is -2.40. The van der Waals surface area contributed by atoms with Crippen molar-refractivity contribution in [2.75, 3.05) is 33.7 Å². The predicted molar refractivity (Wildman–Crippen MR) is 86.5 cm³/mol. The molecule has 2 atom stereocenters. The van der Waals surface area contributed by atoms with E-state index in [9.17, 15) is 0 Å². The van der Waals surface area contributed by atoms with Crippen molar-refractivity contribution in [3.05, 3.63) is 33.8 Å². The van der Waals surface area contributed by atoms with E-state index in [2.05, 4.69) is 23.9 Å². The molecule has 1 fully saturated rings. The molecule has 0 bridgehead atoms. The monoisotopic (exact) mass is 315 g/mol. The highest BCUT2D eigenvalue weighted by molar-refractivity contribution is 6.33. The topological polar surface area (TPSA) is 32.5 Å². The van der Waals surface area contributed by atoms with E-state index in [4.69, 9.17) is 28.9 Å². The second kappa shape index (κ2) is 7.10. The minimum atomic E-state index is 0.109. The van der Waals surface area contributed by atoms with Crippen LogP contribution < -0.4 is 5.73 Å². The summed E-state index contributed by atoms with van der Waals surface area (Å²) in [6.45, 7) is 2.79. The van der Waals surface area contributed by atoms with Crippen molar-refractivity contribution < 1.29 is 0 Å². The molecule has 2 unspecified atom stereocenters. The Morgan fingerprint density at radius 1 is 1.45 bits per heavy atom. The van der Waals surface area contributed by atoms with Gasteiger partial charge in [-0.15, -0.1) is 0 Å². The number of likely N-dealkylation sites (tertiary alicyclic amines) is 1. The molecule has 3 nitrogen and oxygen atoms in total. The van der Waals surface area contributed by atoms with Crippen molar-refractivity contribution in [3.8, 4) is 0 Å². The summed E-state index contributed by atoms with van der Waals surface area (Å²) in [5.41, 5.74) is 7.03. The number of benzene rings is 1. The van der Waals surface area contributed by atoms with Crippen LogP contribution >= 0.6 is 23.2 Å². The minimum Gasteiger partial charge on any atom is -0.329 e. The molecule has 112 valence electrons. The molecule has 0 amide bonds. The lowest BCUT2D eigenvalue weighted by molar-refractivity contribution is 0.101. The first kappa shape index (κ1) is 16.1. The fourth-order valence-electron chi connectivity index (χ4n) is 3.01. The van der Waals surface area contributed by atoms with Crippen LogP contribution in [0.4, 0.5) is 0 Å². The van der Waals surface area contributed by atoms with E-state index in [0.29, 0.717) is 17.6 Å². The second-order valence-corrected chi connectivity index (χ2v) is 6.48.